The molecule has 100 valence electrons. The third kappa shape index (κ3) is 2.37. The highest BCUT2D eigenvalue weighted by Gasteiger charge is 2.19. The van der Waals surface area contributed by atoms with Crippen LogP contribution in [-0.4, -0.2) is 10.2 Å². The number of aromatic nitrogens is 2. The zero-order valence-corrected chi connectivity index (χ0v) is 11.7. The number of nitrogens with one attached hydrogen (secondary N) is 2. The average Bonchev–Trinajstić information content (AvgIpc) is 2.65. The number of fused-ring (bicyclic) bond motifs is 1. The molecule has 0 aliphatic heterocycles. The quantitative estimate of drug-likeness (QED) is 0.799. The van der Waals surface area contributed by atoms with Gasteiger partial charge in [-0.3, -0.25) is 5.10 Å². The minimum absolute atomic E-state index is 0.411. The summed E-state index contributed by atoms with van der Waals surface area (Å²) in [5.41, 5.74) is 6.30. The lowest BCUT2D eigenvalue weighted by Gasteiger charge is -2.20. The largest absolute Gasteiger partial charge is 0.375 e. The van der Waals surface area contributed by atoms with E-state index in [0.29, 0.717) is 6.04 Å². The molecule has 3 heteroatoms. The molecule has 1 heterocycles. The van der Waals surface area contributed by atoms with E-state index in [1.54, 1.807) is 0 Å². The Labute approximate surface area is 114 Å². The van der Waals surface area contributed by atoms with Crippen LogP contribution in [-0.2, 0) is 6.42 Å². The van der Waals surface area contributed by atoms with Gasteiger partial charge in [-0.25, -0.2) is 0 Å². The number of benzene rings is 1. The van der Waals surface area contributed by atoms with Gasteiger partial charge in [-0.1, -0.05) is 30.7 Å². The van der Waals surface area contributed by atoms with Crippen molar-refractivity contribution in [2.75, 3.05) is 5.32 Å². The number of aryl methyl sites for hydroxylation is 3. The predicted molar refractivity (Wildman–Crippen MR) is 78.4 cm³/mol. The normalized spacial score (nSPS) is 18.7. The summed E-state index contributed by atoms with van der Waals surface area (Å²) in [5, 5.41) is 11.0. The van der Waals surface area contributed by atoms with Gasteiger partial charge < -0.3 is 5.32 Å². The first-order valence-corrected chi connectivity index (χ1v) is 7.11. The smallest absolute Gasteiger partial charge is 0.0825 e. The molecule has 0 bridgehead atoms. The van der Waals surface area contributed by atoms with Crippen LogP contribution in [0.4, 0.5) is 5.69 Å². The van der Waals surface area contributed by atoms with Crippen LogP contribution < -0.4 is 5.32 Å². The van der Waals surface area contributed by atoms with Gasteiger partial charge in [0, 0.05) is 0 Å². The third-order valence-corrected chi connectivity index (χ3v) is 4.07. The van der Waals surface area contributed by atoms with Gasteiger partial charge in [-0.15, -0.1) is 0 Å². The maximum absolute atomic E-state index is 4.27. The zero-order valence-electron chi connectivity index (χ0n) is 11.7. The Morgan fingerprint density at radius 2 is 2.05 bits per heavy atom. The van der Waals surface area contributed by atoms with E-state index in [4.69, 9.17) is 0 Å². The van der Waals surface area contributed by atoms with Gasteiger partial charge in [-0.2, -0.15) is 5.10 Å². The molecule has 1 aliphatic carbocycles. The Bertz CT molecular complexity index is 552. The molecule has 2 N–H and O–H groups in total. The Hall–Kier alpha value is -1.77. The first-order chi connectivity index (χ1) is 9.25. The van der Waals surface area contributed by atoms with Crippen molar-refractivity contribution >= 4 is 5.69 Å². The summed E-state index contributed by atoms with van der Waals surface area (Å²) in [4.78, 5) is 0. The molecule has 0 amide bonds. The van der Waals surface area contributed by atoms with Crippen molar-refractivity contribution in [3.05, 3.63) is 46.8 Å². The lowest BCUT2D eigenvalue weighted by atomic mass is 9.99. The average molecular weight is 255 g/mol. The topological polar surface area (TPSA) is 40.7 Å². The van der Waals surface area contributed by atoms with Gasteiger partial charge in [0.05, 0.1) is 23.1 Å². The predicted octanol–water partition coefficient (Wildman–Crippen LogP) is 3.91. The number of anilines is 1. The van der Waals surface area contributed by atoms with Crippen LogP contribution >= 0.6 is 0 Å². The molecule has 0 saturated carbocycles. The molecule has 1 aromatic heterocycles. The Kier molecular flexibility index (Phi) is 3.28. The highest BCUT2D eigenvalue weighted by Crippen LogP contribution is 2.32. The van der Waals surface area contributed by atoms with Crippen LogP contribution in [0.15, 0.2) is 24.3 Å². The van der Waals surface area contributed by atoms with Crippen LogP contribution in [0, 0.1) is 13.8 Å². The summed E-state index contributed by atoms with van der Waals surface area (Å²) in [6.45, 7) is 4.12. The third-order valence-electron chi connectivity index (χ3n) is 4.07. The highest BCUT2D eigenvalue weighted by atomic mass is 15.2. The standard InChI is InChI=1S/C16H21N3/c1-11-16(12(2)19-18-11)17-15-10-6-4-8-13-7-3-5-9-14(13)15/h3,5,7,9,15,17H,4,6,8,10H2,1-2H3,(H,18,19). The number of H-pyrrole nitrogens is 1. The molecule has 0 saturated heterocycles. The van der Waals surface area contributed by atoms with E-state index < -0.39 is 0 Å². The fourth-order valence-electron chi connectivity index (χ4n) is 3.01. The molecule has 3 nitrogen and oxygen atoms in total. The lowest BCUT2D eigenvalue weighted by Crippen LogP contribution is -2.12. The molecule has 19 heavy (non-hydrogen) atoms. The van der Waals surface area contributed by atoms with Crippen LogP contribution in [0.1, 0.15) is 47.8 Å². The van der Waals surface area contributed by atoms with Gasteiger partial charge in [0.1, 0.15) is 0 Å². The summed E-state index contributed by atoms with van der Waals surface area (Å²) >= 11 is 0. The molecule has 1 atom stereocenters. The van der Waals surface area contributed by atoms with Crippen molar-refractivity contribution in [2.24, 2.45) is 0 Å². The maximum atomic E-state index is 4.27. The molecule has 3 rings (SSSR count). The SMILES string of the molecule is Cc1n[nH]c(C)c1NC1CCCCc2ccccc21. The molecule has 0 radical (unpaired) electrons. The first kappa shape index (κ1) is 12.3. The van der Waals surface area contributed by atoms with Crippen molar-refractivity contribution in [3.63, 3.8) is 0 Å². The van der Waals surface area contributed by atoms with Gasteiger partial charge in [0.15, 0.2) is 0 Å². The molecule has 0 fully saturated rings. The van der Waals surface area contributed by atoms with Crippen molar-refractivity contribution in [2.45, 2.75) is 45.6 Å². The van der Waals surface area contributed by atoms with Crippen molar-refractivity contribution in [1.82, 2.24) is 10.2 Å². The molecule has 1 aromatic carbocycles. The number of hydrogen-bond acceptors (Lipinski definition) is 2. The summed E-state index contributed by atoms with van der Waals surface area (Å²) in [6, 6.07) is 9.24. The Morgan fingerprint density at radius 1 is 1.21 bits per heavy atom. The van der Waals surface area contributed by atoms with Gasteiger partial charge in [0.2, 0.25) is 0 Å². The second kappa shape index (κ2) is 5.08. The number of nitrogens with zero attached hydrogens (tertiary/aromatic N) is 1. The van der Waals surface area contributed by atoms with Crippen LogP contribution in [0.2, 0.25) is 0 Å². The summed E-state index contributed by atoms with van der Waals surface area (Å²) in [5.74, 6) is 0. The molecular weight excluding hydrogens is 234 g/mol. The van der Waals surface area contributed by atoms with Gasteiger partial charge in [0.25, 0.3) is 0 Å². The number of hydrogen-bond donors (Lipinski definition) is 2. The second-order valence-electron chi connectivity index (χ2n) is 5.45. The minimum Gasteiger partial charge on any atom is -0.375 e. The van der Waals surface area contributed by atoms with E-state index in [9.17, 15) is 0 Å². The molecule has 0 spiro atoms. The maximum Gasteiger partial charge on any atom is 0.0825 e. The van der Waals surface area contributed by atoms with E-state index in [-0.39, 0.29) is 0 Å². The minimum atomic E-state index is 0.411. The van der Waals surface area contributed by atoms with Crippen LogP contribution in [0.3, 0.4) is 0 Å². The fraction of sp³-hybridized carbons (Fsp3) is 0.438. The monoisotopic (exact) mass is 255 g/mol. The van der Waals surface area contributed by atoms with Crippen LogP contribution in [0.25, 0.3) is 0 Å². The van der Waals surface area contributed by atoms with Gasteiger partial charge >= 0.3 is 0 Å². The second-order valence-corrected chi connectivity index (χ2v) is 5.45. The molecule has 2 aromatic rings. The summed E-state index contributed by atoms with van der Waals surface area (Å²) in [6.07, 6.45) is 4.97. The van der Waals surface area contributed by atoms with Crippen molar-refractivity contribution in [3.8, 4) is 0 Å². The lowest BCUT2D eigenvalue weighted by molar-refractivity contribution is 0.643. The van der Waals surface area contributed by atoms with E-state index in [0.717, 1.165) is 11.4 Å². The highest BCUT2D eigenvalue weighted by molar-refractivity contribution is 5.53. The zero-order chi connectivity index (χ0) is 13.2. The molecular formula is C16H21N3. The Morgan fingerprint density at radius 3 is 2.84 bits per heavy atom. The van der Waals surface area contributed by atoms with E-state index in [2.05, 4.69) is 53.6 Å². The Balaban J connectivity index is 1.93. The first-order valence-electron chi connectivity index (χ1n) is 7.11. The number of aromatic amines is 1. The number of rotatable bonds is 2. The van der Waals surface area contributed by atoms with Gasteiger partial charge in [-0.05, 0) is 44.2 Å². The van der Waals surface area contributed by atoms with Crippen molar-refractivity contribution < 1.29 is 0 Å². The summed E-state index contributed by atoms with van der Waals surface area (Å²) < 4.78 is 0. The van der Waals surface area contributed by atoms with E-state index in [1.165, 1.54) is 42.5 Å². The summed E-state index contributed by atoms with van der Waals surface area (Å²) in [7, 11) is 0. The molecule has 1 unspecified atom stereocenters. The fourth-order valence-corrected chi connectivity index (χ4v) is 3.01. The van der Waals surface area contributed by atoms with Crippen LogP contribution in [0.5, 0.6) is 0 Å². The molecule has 1 aliphatic rings. The van der Waals surface area contributed by atoms with E-state index >= 15 is 0 Å². The van der Waals surface area contributed by atoms with Crippen molar-refractivity contribution in [1.29, 1.82) is 0 Å². The van der Waals surface area contributed by atoms with E-state index in [1.807, 2.05) is 0 Å².